The van der Waals surface area contributed by atoms with E-state index in [1.165, 1.54) is 6.92 Å². The number of carbonyl (C=O) groups is 1. The van der Waals surface area contributed by atoms with E-state index in [2.05, 4.69) is 4.98 Å². The lowest BCUT2D eigenvalue weighted by atomic mass is 9.98. The minimum absolute atomic E-state index is 0.00384. The summed E-state index contributed by atoms with van der Waals surface area (Å²) in [6, 6.07) is 1.16. The van der Waals surface area contributed by atoms with Crippen molar-refractivity contribution in [1.29, 1.82) is 0 Å². The second-order valence-electron chi connectivity index (χ2n) is 5.77. The standard InChI is InChI=1S/C14H15F3N2O2/c1-7-4-9(14(15,16)17)6-11(18-7)19-10-3-2-8(5-10)12(19)13(20)21/h4,6,8,10,12H,2-3,5H2,1H3,(H,20,21)/t8-,10+,12-/m0/s1. The fraction of sp³-hybridized carbons (Fsp3) is 0.571. The Balaban J connectivity index is 2.03. The molecular formula is C14H15F3N2O2. The van der Waals surface area contributed by atoms with Gasteiger partial charge in [-0.2, -0.15) is 13.2 Å². The van der Waals surface area contributed by atoms with Crippen LogP contribution in [-0.4, -0.2) is 28.1 Å². The number of aromatic nitrogens is 1. The Morgan fingerprint density at radius 3 is 2.71 bits per heavy atom. The third-order valence-electron chi connectivity index (χ3n) is 4.37. The molecule has 1 aromatic heterocycles. The van der Waals surface area contributed by atoms with E-state index < -0.39 is 23.8 Å². The highest BCUT2D eigenvalue weighted by Crippen LogP contribution is 2.45. The van der Waals surface area contributed by atoms with E-state index in [0.717, 1.165) is 25.0 Å². The monoisotopic (exact) mass is 300 g/mol. The molecule has 21 heavy (non-hydrogen) atoms. The van der Waals surface area contributed by atoms with Crippen LogP contribution < -0.4 is 4.90 Å². The minimum Gasteiger partial charge on any atom is -0.480 e. The molecule has 2 fully saturated rings. The Bertz CT molecular complexity index is 588. The van der Waals surface area contributed by atoms with Crippen LogP contribution in [0.5, 0.6) is 0 Å². The number of aliphatic carboxylic acids is 1. The zero-order valence-corrected chi connectivity index (χ0v) is 11.4. The second kappa shape index (κ2) is 4.61. The Labute approximate surface area is 119 Å². The van der Waals surface area contributed by atoms with Gasteiger partial charge in [0, 0.05) is 11.7 Å². The summed E-state index contributed by atoms with van der Waals surface area (Å²) in [6.45, 7) is 1.49. The first-order valence-corrected chi connectivity index (χ1v) is 6.84. The Morgan fingerprint density at radius 1 is 1.38 bits per heavy atom. The van der Waals surface area contributed by atoms with Crippen molar-refractivity contribution < 1.29 is 23.1 Å². The van der Waals surface area contributed by atoms with Gasteiger partial charge >= 0.3 is 12.1 Å². The number of rotatable bonds is 2. The van der Waals surface area contributed by atoms with Crippen molar-refractivity contribution in [3.05, 3.63) is 23.4 Å². The van der Waals surface area contributed by atoms with E-state index in [4.69, 9.17) is 0 Å². The highest BCUT2D eigenvalue weighted by atomic mass is 19.4. The second-order valence-corrected chi connectivity index (χ2v) is 5.77. The van der Waals surface area contributed by atoms with Crippen molar-refractivity contribution in [3.63, 3.8) is 0 Å². The van der Waals surface area contributed by atoms with E-state index in [9.17, 15) is 23.1 Å². The molecule has 1 saturated heterocycles. The van der Waals surface area contributed by atoms with Gasteiger partial charge in [-0.1, -0.05) is 0 Å². The van der Waals surface area contributed by atoms with Crippen LogP contribution in [0.25, 0.3) is 0 Å². The number of carboxylic acids is 1. The normalized spacial score (nSPS) is 28.2. The van der Waals surface area contributed by atoms with Gasteiger partial charge in [0.1, 0.15) is 11.9 Å². The lowest BCUT2D eigenvalue weighted by Crippen LogP contribution is -2.46. The zero-order chi connectivity index (χ0) is 15.4. The Morgan fingerprint density at radius 2 is 2.10 bits per heavy atom. The maximum absolute atomic E-state index is 12.9. The van der Waals surface area contributed by atoms with Crippen molar-refractivity contribution in [2.75, 3.05) is 4.90 Å². The number of hydrogen-bond acceptors (Lipinski definition) is 3. The Kier molecular flexibility index (Phi) is 3.11. The molecule has 2 bridgehead atoms. The van der Waals surface area contributed by atoms with Crippen LogP contribution in [0.1, 0.15) is 30.5 Å². The van der Waals surface area contributed by atoms with Crippen LogP contribution in [0.15, 0.2) is 12.1 Å². The fourth-order valence-electron chi connectivity index (χ4n) is 3.58. The maximum atomic E-state index is 12.9. The SMILES string of the molecule is Cc1cc(C(F)(F)F)cc(N2[C@@H]3CC[C@@H](C3)[C@H]2C(=O)O)n1. The van der Waals surface area contributed by atoms with Gasteiger partial charge < -0.3 is 10.0 Å². The molecule has 2 aliphatic rings. The molecule has 114 valence electrons. The number of carboxylic acid groups (broad SMARTS) is 1. The molecule has 3 rings (SSSR count). The summed E-state index contributed by atoms with van der Waals surface area (Å²) in [5, 5.41) is 9.37. The largest absolute Gasteiger partial charge is 0.480 e. The number of aryl methyl sites for hydroxylation is 1. The summed E-state index contributed by atoms with van der Waals surface area (Å²) in [5.41, 5.74) is -0.538. The molecule has 2 heterocycles. The van der Waals surface area contributed by atoms with Gasteiger partial charge in [-0.3, -0.25) is 0 Å². The summed E-state index contributed by atoms with van der Waals surface area (Å²) < 4.78 is 38.7. The summed E-state index contributed by atoms with van der Waals surface area (Å²) in [7, 11) is 0. The molecule has 4 nitrogen and oxygen atoms in total. The first-order chi connectivity index (χ1) is 9.77. The number of nitrogens with zero attached hydrogens (tertiary/aromatic N) is 2. The molecule has 0 amide bonds. The highest BCUT2D eigenvalue weighted by Gasteiger charge is 2.50. The van der Waals surface area contributed by atoms with E-state index in [-0.39, 0.29) is 23.5 Å². The van der Waals surface area contributed by atoms with E-state index in [1.54, 1.807) is 4.90 Å². The van der Waals surface area contributed by atoms with Crippen molar-refractivity contribution >= 4 is 11.8 Å². The summed E-state index contributed by atoms with van der Waals surface area (Å²) in [4.78, 5) is 17.2. The molecule has 0 aromatic carbocycles. The number of hydrogen-bond donors (Lipinski definition) is 1. The summed E-state index contributed by atoms with van der Waals surface area (Å²) in [6.07, 6.45) is -2.12. The third-order valence-corrected chi connectivity index (χ3v) is 4.37. The molecule has 0 spiro atoms. The van der Waals surface area contributed by atoms with Gasteiger partial charge in [-0.25, -0.2) is 9.78 Å². The average molecular weight is 300 g/mol. The molecule has 1 aromatic rings. The summed E-state index contributed by atoms with van der Waals surface area (Å²) in [5.74, 6) is -0.856. The highest BCUT2D eigenvalue weighted by molar-refractivity contribution is 5.80. The van der Waals surface area contributed by atoms with Gasteiger partial charge in [0.15, 0.2) is 0 Å². The van der Waals surface area contributed by atoms with Gasteiger partial charge in [-0.05, 0) is 44.2 Å². The third kappa shape index (κ3) is 2.34. The Hall–Kier alpha value is -1.79. The van der Waals surface area contributed by atoms with Crippen molar-refractivity contribution in [1.82, 2.24) is 4.98 Å². The van der Waals surface area contributed by atoms with Crippen LogP contribution in [0.4, 0.5) is 19.0 Å². The van der Waals surface area contributed by atoms with Crippen LogP contribution >= 0.6 is 0 Å². The van der Waals surface area contributed by atoms with Crippen LogP contribution in [0, 0.1) is 12.8 Å². The predicted octanol–water partition coefficient (Wildman–Crippen LogP) is 2.85. The van der Waals surface area contributed by atoms with E-state index in [1.807, 2.05) is 0 Å². The van der Waals surface area contributed by atoms with Crippen LogP contribution in [0.2, 0.25) is 0 Å². The molecule has 1 saturated carbocycles. The number of pyridine rings is 1. The molecule has 1 aliphatic heterocycles. The van der Waals surface area contributed by atoms with Crippen molar-refractivity contribution in [2.45, 2.75) is 44.4 Å². The zero-order valence-electron chi connectivity index (χ0n) is 11.4. The molecule has 7 heteroatoms. The van der Waals surface area contributed by atoms with Gasteiger partial charge in [0.05, 0.1) is 5.56 Å². The van der Waals surface area contributed by atoms with Gasteiger partial charge in [0.2, 0.25) is 0 Å². The fourth-order valence-corrected chi connectivity index (χ4v) is 3.58. The number of piperidine rings is 1. The van der Waals surface area contributed by atoms with E-state index in [0.29, 0.717) is 6.42 Å². The first kappa shape index (κ1) is 14.2. The average Bonchev–Trinajstić information content (AvgIpc) is 2.96. The minimum atomic E-state index is -4.46. The molecular weight excluding hydrogens is 285 g/mol. The molecule has 0 unspecified atom stereocenters. The maximum Gasteiger partial charge on any atom is 0.416 e. The topological polar surface area (TPSA) is 53.4 Å². The quantitative estimate of drug-likeness (QED) is 0.912. The lowest BCUT2D eigenvalue weighted by Gasteiger charge is -2.34. The molecule has 1 N–H and O–H groups in total. The summed E-state index contributed by atoms with van der Waals surface area (Å²) >= 11 is 0. The molecule has 0 radical (unpaired) electrons. The number of halogens is 3. The smallest absolute Gasteiger partial charge is 0.416 e. The number of alkyl halides is 3. The van der Waals surface area contributed by atoms with Crippen LogP contribution in [-0.2, 0) is 11.0 Å². The van der Waals surface area contributed by atoms with Gasteiger partial charge in [0.25, 0.3) is 0 Å². The number of fused-ring (bicyclic) bond motifs is 2. The molecule has 1 aliphatic carbocycles. The van der Waals surface area contributed by atoms with Crippen molar-refractivity contribution in [3.8, 4) is 0 Å². The van der Waals surface area contributed by atoms with E-state index >= 15 is 0 Å². The van der Waals surface area contributed by atoms with Crippen LogP contribution in [0.3, 0.4) is 0 Å². The predicted molar refractivity (Wildman–Crippen MR) is 69.0 cm³/mol. The van der Waals surface area contributed by atoms with Crippen molar-refractivity contribution in [2.24, 2.45) is 5.92 Å². The molecule has 3 atom stereocenters. The first-order valence-electron chi connectivity index (χ1n) is 6.84. The number of anilines is 1. The van der Waals surface area contributed by atoms with Gasteiger partial charge in [-0.15, -0.1) is 0 Å². The lowest BCUT2D eigenvalue weighted by molar-refractivity contribution is -0.139.